The predicted molar refractivity (Wildman–Crippen MR) is 103 cm³/mol. The number of phenolic OH excluding ortho intramolecular Hbond substituents is 1. The van der Waals surface area contributed by atoms with Crippen molar-refractivity contribution in [3.05, 3.63) is 42.5 Å². The van der Waals surface area contributed by atoms with Crippen LogP contribution in [0.3, 0.4) is 0 Å². The van der Waals surface area contributed by atoms with Crippen LogP contribution in [0.15, 0.2) is 47.4 Å². The molecule has 0 saturated carbocycles. The summed E-state index contributed by atoms with van der Waals surface area (Å²) in [6.45, 7) is 2.06. The molecule has 0 atom stereocenters. The number of hydrogen-bond donors (Lipinski definition) is 4. The summed E-state index contributed by atoms with van der Waals surface area (Å²) in [5, 5.41) is 12.5. The van der Waals surface area contributed by atoms with Crippen LogP contribution in [0.2, 0.25) is 0 Å². The van der Waals surface area contributed by atoms with E-state index in [1.807, 2.05) is 0 Å². The number of carbonyl (C=O) groups is 1. The first-order chi connectivity index (χ1) is 12.3. The fourth-order valence-electron chi connectivity index (χ4n) is 2.32. The minimum Gasteiger partial charge on any atom is -0.506 e. The van der Waals surface area contributed by atoms with Crippen molar-refractivity contribution in [2.75, 3.05) is 15.8 Å². The number of anilines is 3. The normalized spacial score (nSPS) is 11.1. The van der Waals surface area contributed by atoms with Crippen molar-refractivity contribution >= 4 is 33.0 Å². The lowest BCUT2D eigenvalue weighted by atomic mass is 10.2. The lowest BCUT2D eigenvalue weighted by Crippen LogP contribution is -2.14. The average Bonchev–Trinajstić information content (AvgIpc) is 2.58. The second-order valence-electron chi connectivity index (χ2n) is 5.91. The van der Waals surface area contributed by atoms with Gasteiger partial charge in [-0.3, -0.25) is 9.52 Å². The van der Waals surface area contributed by atoms with Gasteiger partial charge in [0, 0.05) is 23.9 Å². The van der Waals surface area contributed by atoms with E-state index in [0.717, 1.165) is 19.3 Å². The number of rotatable bonds is 8. The molecule has 2 aromatic carbocycles. The molecule has 1 amide bonds. The van der Waals surface area contributed by atoms with E-state index in [1.54, 1.807) is 0 Å². The molecule has 0 unspecified atom stereocenters. The number of carbonyl (C=O) groups excluding carboxylic acids is 1. The number of phenols is 1. The van der Waals surface area contributed by atoms with E-state index in [-0.39, 0.29) is 22.2 Å². The fraction of sp³-hybridized carbons (Fsp3) is 0.278. The Labute approximate surface area is 153 Å². The van der Waals surface area contributed by atoms with E-state index in [4.69, 9.17) is 5.73 Å². The summed E-state index contributed by atoms with van der Waals surface area (Å²) < 4.78 is 27.1. The van der Waals surface area contributed by atoms with E-state index >= 15 is 0 Å². The first-order valence-electron chi connectivity index (χ1n) is 8.33. The third kappa shape index (κ3) is 5.38. The maximum atomic E-state index is 12.4. The van der Waals surface area contributed by atoms with Crippen molar-refractivity contribution in [2.24, 2.45) is 0 Å². The van der Waals surface area contributed by atoms with Gasteiger partial charge in [0.2, 0.25) is 5.91 Å². The molecule has 0 aliphatic rings. The van der Waals surface area contributed by atoms with Crippen molar-refractivity contribution in [1.82, 2.24) is 0 Å². The van der Waals surface area contributed by atoms with Gasteiger partial charge in [0.1, 0.15) is 5.75 Å². The molecule has 8 heteroatoms. The number of sulfonamides is 1. The Morgan fingerprint density at radius 1 is 1.12 bits per heavy atom. The summed E-state index contributed by atoms with van der Waals surface area (Å²) in [6.07, 6.45) is 3.29. The van der Waals surface area contributed by atoms with Crippen molar-refractivity contribution in [3.63, 3.8) is 0 Å². The molecule has 0 aromatic heterocycles. The molecule has 0 spiro atoms. The molecule has 0 aliphatic carbocycles. The van der Waals surface area contributed by atoms with Crippen LogP contribution in [0, 0.1) is 0 Å². The molecule has 2 aromatic rings. The fourth-order valence-corrected chi connectivity index (χ4v) is 3.39. The average molecular weight is 377 g/mol. The summed E-state index contributed by atoms with van der Waals surface area (Å²) in [5.74, 6) is -0.358. The summed E-state index contributed by atoms with van der Waals surface area (Å²) in [4.78, 5) is 11.8. The standard InChI is InChI=1S/C18H23N3O4S/c1-2-3-4-5-18(23)20-14-7-9-15(10-8-14)26(24,25)21-16-11-6-13(19)12-17(16)22/h6-12,21-22H,2-5,19H2,1H3,(H,20,23). The van der Waals surface area contributed by atoms with Crippen LogP contribution >= 0.6 is 0 Å². The van der Waals surface area contributed by atoms with Gasteiger partial charge < -0.3 is 16.2 Å². The van der Waals surface area contributed by atoms with Crippen molar-refractivity contribution in [1.29, 1.82) is 0 Å². The Morgan fingerprint density at radius 3 is 2.42 bits per heavy atom. The minimum atomic E-state index is -3.87. The van der Waals surface area contributed by atoms with Gasteiger partial charge in [-0.15, -0.1) is 0 Å². The SMILES string of the molecule is CCCCCC(=O)Nc1ccc(S(=O)(=O)Nc2ccc(N)cc2O)cc1. The molecule has 0 aliphatic heterocycles. The number of benzene rings is 2. The van der Waals surface area contributed by atoms with E-state index in [1.165, 1.54) is 42.5 Å². The number of nitrogen functional groups attached to an aromatic ring is 1. The largest absolute Gasteiger partial charge is 0.506 e. The molecular weight excluding hydrogens is 354 g/mol. The quantitative estimate of drug-likeness (QED) is 0.319. The second kappa shape index (κ2) is 8.57. The highest BCUT2D eigenvalue weighted by Crippen LogP contribution is 2.28. The zero-order chi connectivity index (χ0) is 19.2. The van der Waals surface area contributed by atoms with Gasteiger partial charge in [0.05, 0.1) is 10.6 Å². The number of unbranched alkanes of at least 4 members (excludes halogenated alkanes) is 2. The Bertz CT molecular complexity index is 865. The van der Waals surface area contributed by atoms with E-state index in [2.05, 4.69) is 17.0 Å². The number of aromatic hydroxyl groups is 1. The monoisotopic (exact) mass is 377 g/mol. The van der Waals surface area contributed by atoms with E-state index in [0.29, 0.717) is 17.8 Å². The van der Waals surface area contributed by atoms with E-state index in [9.17, 15) is 18.3 Å². The topological polar surface area (TPSA) is 122 Å². The Balaban J connectivity index is 2.05. The van der Waals surface area contributed by atoms with Gasteiger partial charge in [-0.05, 0) is 42.8 Å². The first-order valence-corrected chi connectivity index (χ1v) is 9.81. The summed E-state index contributed by atoms with van der Waals surface area (Å²) in [7, 11) is -3.87. The van der Waals surface area contributed by atoms with Crippen LogP contribution in [0.25, 0.3) is 0 Å². The molecule has 2 rings (SSSR count). The number of nitrogens with one attached hydrogen (secondary N) is 2. The maximum absolute atomic E-state index is 12.4. The minimum absolute atomic E-state index is 0.0118. The Kier molecular flexibility index (Phi) is 6.46. The molecular formula is C18H23N3O4S. The summed E-state index contributed by atoms with van der Waals surface area (Å²) in [5.41, 5.74) is 6.41. The van der Waals surface area contributed by atoms with Gasteiger partial charge >= 0.3 is 0 Å². The number of nitrogens with two attached hydrogens (primary N) is 1. The van der Waals surface area contributed by atoms with Crippen LogP contribution in [-0.2, 0) is 14.8 Å². The number of hydrogen-bond acceptors (Lipinski definition) is 5. The van der Waals surface area contributed by atoms with Crippen LogP contribution in [0.5, 0.6) is 5.75 Å². The number of amides is 1. The van der Waals surface area contributed by atoms with Crippen LogP contribution in [0.1, 0.15) is 32.6 Å². The maximum Gasteiger partial charge on any atom is 0.262 e. The first kappa shape index (κ1) is 19.6. The predicted octanol–water partition coefficient (Wildman–Crippen LogP) is 3.29. The lowest BCUT2D eigenvalue weighted by molar-refractivity contribution is -0.116. The lowest BCUT2D eigenvalue weighted by Gasteiger charge is -2.11. The third-order valence-corrected chi connectivity index (χ3v) is 5.10. The molecule has 7 nitrogen and oxygen atoms in total. The van der Waals surface area contributed by atoms with Crippen molar-refractivity contribution < 1.29 is 18.3 Å². The zero-order valence-corrected chi connectivity index (χ0v) is 15.3. The molecule has 140 valence electrons. The highest BCUT2D eigenvalue weighted by Gasteiger charge is 2.16. The summed E-state index contributed by atoms with van der Waals surface area (Å²) >= 11 is 0. The van der Waals surface area contributed by atoms with Crippen molar-refractivity contribution in [3.8, 4) is 5.75 Å². The van der Waals surface area contributed by atoms with Gasteiger partial charge in [-0.1, -0.05) is 19.8 Å². The molecule has 0 bridgehead atoms. The highest BCUT2D eigenvalue weighted by atomic mass is 32.2. The van der Waals surface area contributed by atoms with E-state index < -0.39 is 10.0 Å². The smallest absolute Gasteiger partial charge is 0.262 e. The van der Waals surface area contributed by atoms with Gasteiger partial charge in [0.15, 0.2) is 0 Å². The van der Waals surface area contributed by atoms with Crippen LogP contribution < -0.4 is 15.8 Å². The molecule has 26 heavy (non-hydrogen) atoms. The Morgan fingerprint density at radius 2 is 1.81 bits per heavy atom. The Hall–Kier alpha value is -2.74. The van der Waals surface area contributed by atoms with Gasteiger partial charge in [-0.25, -0.2) is 8.42 Å². The molecule has 0 radical (unpaired) electrons. The summed E-state index contributed by atoms with van der Waals surface area (Å²) in [6, 6.07) is 9.94. The van der Waals surface area contributed by atoms with Crippen molar-refractivity contribution in [2.45, 2.75) is 37.5 Å². The molecule has 5 N–H and O–H groups in total. The third-order valence-electron chi connectivity index (χ3n) is 3.72. The molecule has 0 heterocycles. The second-order valence-corrected chi connectivity index (χ2v) is 7.59. The molecule has 0 saturated heterocycles. The van der Waals surface area contributed by atoms with Gasteiger partial charge in [0.25, 0.3) is 10.0 Å². The van der Waals surface area contributed by atoms with Gasteiger partial charge in [-0.2, -0.15) is 0 Å². The zero-order valence-electron chi connectivity index (χ0n) is 14.5. The van der Waals surface area contributed by atoms with Crippen LogP contribution in [-0.4, -0.2) is 19.4 Å². The van der Waals surface area contributed by atoms with Crippen LogP contribution in [0.4, 0.5) is 17.1 Å². The highest BCUT2D eigenvalue weighted by molar-refractivity contribution is 7.92. The molecule has 0 fully saturated rings.